The first-order valence-electron chi connectivity index (χ1n) is 5.80. The fourth-order valence-electron chi connectivity index (χ4n) is 2.33. The monoisotopic (exact) mass is 188 g/mol. The van der Waals surface area contributed by atoms with E-state index in [2.05, 4.69) is 38.2 Å². The second-order valence-corrected chi connectivity index (χ2v) is 4.80. The Morgan fingerprint density at radius 2 is 1.93 bits per heavy atom. The highest BCUT2D eigenvalue weighted by Crippen LogP contribution is 2.32. The minimum Gasteiger partial charge on any atom is -0.0851 e. The fourth-order valence-corrected chi connectivity index (χ4v) is 2.33. The maximum absolute atomic E-state index is 2.43. The molecule has 1 unspecified atom stereocenters. The van der Waals surface area contributed by atoms with Crippen LogP contribution in [0.25, 0.3) is 0 Å². The summed E-state index contributed by atoms with van der Waals surface area (Å²) in [6.07, 6.45) is 14.7. The van der Waals surface area contributed by atoms with E-state index in [-0.39, 0.29) is 0 Å². The zero-order valence-corrected chi connectivity index (χ0v) is 9.29. The summed E-state index contributed by atoms with van der Waals surface area (Å²) in [5.41, 5.74) is 3.18. The first-order valence-corrected chi connectivity index (χ1v) is 5.80. The van der Waals surface area contributed by atoms with Crippen LogP contribution in [0, 0.1) is 11.8 Å². The van der Waals surface area contributed by atoms with Crippen molar-refractivity contribution in [2.75, 3.05) is 0 Å². The first kappa shape index (κ1) is 9.76. The molecule has 0 nitrogen and oxygen atoms in total. The Balaban J connectivity index is 2.06. The molecule has 0 amide bonds. The molecule has 2 rings (SSSR count). The summed E-state index contributed by atoms with van der Waals surface area (Å²) in [4.78, 5) is 0. The predicted octanol–water partition coefficient (Wildman–Crippen LogP) is 4.26. The van der Waals surface area contributed by atoms with Gasteiger partial charge >= 0.3 is 0 Å². The van der Waals surface area contributed by atoms with E-state index < -0.39 is 0 Å². The van der Waals surface area contributed by atoms with Crippen LogP contribution >= 0.6 is 0 Å². The molecule has 0 saturated heterocycles. The topological polar surface area (TPSA) is 0 Å². The van der Waals surface area contributed by atoms with Crippen molar-refractivity contribution in [2.24, 2.45) is 11.8 Å². The number of hydrogen-bond donors (Lipinski definition) is 0. The molecule has 0 N–H and O–H groups in total. The molecule has 0 aromatic carbocycles. The second kappa shape index (κ2) is 4.16. The zero-order valence-electron chi connectivity index (χ0n) is 9.29. The molecule has 0 heteroatoms. The van der Waals surface area contributed by atoms with Gasteiger partial charge in [0.25, 0.3) is 0 Å². The van der Waals surface area contributed by atoms with E-state index >= 15 is 0 Å². The Morgan fingerprint density at radius 3 is 2.50 bits per heavy atom. The van der Waals surface area contributed by atoms with Crippen molar-refractivity contribution in [1.82, 2.24) is 0 Å². The number of hydrogen-bond acceptors (Lipinski definition) is 0. The van der Waals surface area contributed by atoms with Gasteiger partial charge in [-0.1, -0.05) is 42.4 Å². The van der Waals surface area contributed by atoms with Gasteiger partial charge in [0, 0.05) is 0 Å². The van der Waals surface area contributed by atoms with Crippen LogP contribution in [0.3, 0.4) is 0 Å². The van der Waals surface area contributed by atoms with Crippen LogP contribution in [0.5, 0.6) is 0 Å². The molecule has 0 spiro atoms. The van der Waals surface area contributed by atoms with Crippen LogP contribution in [0.15, 0.2) is 35.5 Å². The molecular formula is C14H20. The lowest BCUT2D eigenvalue weighted by atomic mass is 9.81. The van der Waals surface area contributed by atoms with Crippen molar-refractivity contribution in [1.29, 1.82) is 0 Å². The lowest BCUT2D eigenvalue weighted by Gasteiger charge is -2.24. The second-order valence-electron chi connectivity index (χ2n) is 4.80. The molecule has 76 valence electrons. The molecular weight excluding hydrogens is 168 g/mol. The Labute approximate surface area is 87.4 Å². The summed E-state index contributed by atoms with van der Waals surface area (Å²) in [6.45, 7) is 4.54. The van der Waals surface area contributed by atoms with E-state index in [1.165, 1.54) is 31.3 Å². The first-order chi connectivity index (χ1) is 6.75. The van der Waals surface area contributed by atoms with Crippen molar-refractivity contribution in [3.63, 3.8) is 0 Å². The molecule has 0 bridgehead atoms. The van der Waals surface area contributed by atoms with Gasteiger partial charge in [-0.2, -0.15) is 0 Å². The molecule has 0 saturated carbocycles. The fraction of sp³-hybridized carbons (Fsp3) is 0.571. The quantitative estimate of drug-likeness (QED) is 0.539. The summed E-state index contributed by atoms with van der Waals surface area (Å²) < 4.78 is 0. The van der Waals surface area contributed by atoms with E-state index in [1.54, 1.807) is 5.57 Å². The van der Waals surface area contributed by atoms with E-state index in [4.69, 9.17) is 0 Å². The zero-order chi connectivity index (χ0) is 9.97. The maximum atomic E-state index is 2.43. The highest BCUT2D eigenvalue weighted by molar-refractivity contribution is 5.27. The predicted molar refractivity (Wildman–Crippen MR) is 62.1 cm³/mol. The van der Waals surface area contributed by atoms with Crippen molar-refractivity contribution in [2.45, 2.75) is 39.5 Å². The van der Waals surface area contributed by atoms with Crippen molar-refractivity contribution >= 4 is 0 Å². The minimum atomic E-state index is 0.746. The molecule has 0 aromatic rings. The third-order valence-corrected chi connectivity index (χ3v) is 3.47. The van der Waals surface area contributed by atoms with Crippen LogP contribution < -0.4 is 0 Å². The third-order valence-electron chi connectivity index (χ3n) is 3.47. The lowest BCUT2D eigenvalue weighted by molar-refractivity contribution is 0.505. The average molecular weight is 188 g/mol. The van der Waals surface area contributed by atoms with Gasteiger partial charge in [-0.3, -0.25) is 0 Å². The van der Waals surface area contributed by atoms with Crippen LogP contribution in [-0.2, 0) is 0 Å². The standard InChI is InChI=1S/C14H20/c1-11-3-7-13(8-4-11)14-9-5-12(2)6-10-14/h3,5,7,9,11,13H,4,6,8,10H2,1-2H3/t11-,13?/m1/s1. The summed E-state index contributed by atoms with van der Waals surface area (Å²) in [5.74, 6) is 1.54. The van der Waals surface area contributed by atoms with Crippen LogP contribution in [0.2, 0.25) is 0 Å². The maximum Gasteiger partial charge on any atom is -0.00197 e. The Morgan fingerprint density at radius 1 is 1.07 bits per heavy atom. The molecule has 14 heavy (non-hydrogen) atoms. The molecule has 0 aromatic heterocycles. The van der Waals surface area contributed by atoms with Gasteiger partial charge in [0.2, 0.25) is 0 Å². The van der Waals surface area contributed by atoms with Crippen molar-refractivity contribution in [3.8, 4) is 0 Å². The Hall–Kier alpha value is -0.780. The summed E-state index contributed by atoms with van der Waals surface area (Å²) in [7, 11) is 0. The Kier molecular flexibility index (Phi) is 2.90. The molecule has 0 radical (unpaired) electrons. The van der Waals surface area contributed by atoms with E-state index in [1.807, 2.05) is 0 Å². The van der Waals surface area contributed by atoms with Crippen LogP contribution in [0.4, 0.5) is 0 Å². The molecule has 0 aliphatic heterocycles. The smallest absolute Gasteiger partial charge is 0.00197 e. The van der Waals surface area contributed by atoms with Gasteiger partial charge < -0.3 is 0 Å². The van der Waals surface area contributed by atoms with Gasteiger partial charge in [-0.25, -0.2) is 0 Å². The third kappa shape index (κ3) is 2.17. The summed E-state index contributed by atoms with van der Waals surface area (Å²) >= 11 is 0. The summed E-state index contributed by atoms with van der Waals surface area (Å²) in [5, 5.41) is 0. The van der Waals surface area contributed by atoms with E-state index in [0.29, 0.717) is 0 Å². The normalized spacial score (nSPS) is 32.4. The van der Waals surface area contributed by atoms with E-state index in [9.17, 15) is 0 Å². The molecule has 2 atom stereocenters. The van der Waals surface area contributed by atoms with Gasteiger partial charge in [-0.15, -0.1) is 0 Å². The summed E-state index contributed by atoms with van der Waals surface area (Å²) in [6, 6.07) is 0. The minimum absolute atomic E-state index is 0.746. The largest absolute Gasteiger partial charge is 0.0851 e. The van der Waals surface area contributed by atoms with Crippen LogP contribution in [0.1, 0.15) is 39.5 Å². The van der Waals surface area contributed by atoms with E-state index in [0.717, 1.165) is 11.8 Å². The van der Waals surface area contributed by atoms with Crippen molar-refractivity contribution < 1.29 is 0 Å². The van der Waals surface area contributed by atoms with Gasteiger partial charge in [0.1, 0.15) is 0 Å². The number of rotatable bonds is 1. The molecule has 0 fully saturated rings. The molecule has 2 aliphatic rings. The van der Waals surface area contributed by atoms with Gasteiger partial charge in [0.05, 0.1) is 0 Å². The molecule has 0 heterocycles. The van der Waals surface area contributed by atoms with Crippen molar-refractivity contribution in [3.05, 3.63) is 35.5 Å². The van der Waals surface area contributed by atoms with Gasteiger partial charge in [0.15, 0.2) is 0 Å². The highest BCUT2D eigenvalue weighted by atomic mass is 14.2. The van der Waals surface area contributed by atoms with Gasteiger partial charge in [-0.05, 0) is 44.4 Å². The average Bonchev–Trinajstić information content (AvgIpc) is 2.21. The highest BCUT2D eigenvalue weighted by Gasteiger charge is 2.17. The SMILES string of the molecule is CC1=CC=C(C2C=C[C@@H](C)CC2)CC1. The molecule has 2 aliphatic carbocycles. The lowest BCUT2D eigenvalue weighted by Crippen LogP contribution is -2.10. The number of allylic oxidation sites excluding steroid dienone is 6. The van der Waals surface area contributed by atoms with Crippen LogP contribution in [-0.4, -0.2) is 0 Å². The Bertz CT molecular complexity index is 291.